The van der Waals surface area contributed by atoms with Crippen molar-refractivity contribution in [3.63, 3.8) is 0 Å². The lowest BCUT2D eigenvalue weighted by Crippen LogP contribution is -2.48. The van der Waals surface area contributed by atoms with E-state index < -0.39 is 231 Å². The molecule has 0 radical (unpaired) electrons. The van der Waals surface area contributed by atoms with E-state index in [-0.39, 0.29) is 19.3 Å². The number of esters is 9. The Labute approximate surface area is 546 Å². The van der Waals surface area contributed by atoms with Gasteiger partial charge in [0.25, 0.3) is 12.2 Å². The summed E-state index contributed by atoms with van der Waals surface area (Å²) >= 11 is 0. The third-order valence-electron chi connectivity index (χ3n) is 13.6. The van der Waals surface area contributed by atoms with Crippen LogP contribution in [-0.4, -0.2) is 177 Å². The maximum atomic E-state index is 13.1. The van der Waals surface area contributed by atoms with Crippen molar-refractivity contribution in [2.75, 3.05) is 26.4 Å². The maximum Gasteiger partial charge on any atom is 0.456 e. The van der Waals surface area contributed by atoms with Crippen molar-refractivity contribution in [2.45, 2.75) is 218 Å². The highest BCUT2D eigenvalue weighted by atomic mass is 19.5. The summed E-state index contributed by atoms with van der Waals surface area (Å²) in [5, 5.41) is 0. The average molecular weight is 1540 g/mol. The molecule has 0 aromatic rings. The van der Waals surface area contributed by atoms with Crippen molar-refractivity contribution in [1.82, 2.24) is 0 Å². The van der Waals surface area contributed by atoms with Crippen LogP contribution in [0.2, 0.25) is 0 Å². The van der Waals surface area contributed by atoms with Gasteiger partial charge < -0.3 is 42.6 Å². The maximum absolute atomic E-state index is 13.1. The highest BCUT2D eigenvalue weighted by molar-refractivity contribution is 5.84. The average Bonchev–Trinajstić information content (AvgIpc) is 0.818. The first-order valence-electron chi connectivity index (χ1n) is 27.7. The summed E-state index contributed by atoms with van der Waals surface area (Å²) in [6.45, 7) is 3.27. The fourth-order valence-electron chi connectivity index (χ4n) is 7.51. The molecular formula is C53H65F29O18. The number of halogens is 29. The molecule has 18 nitrogen and oxygen atoms in total. The quantitative estimate of drug-likeness (QED) is 0.0356. The van der Waals surface area contributed by atoms with E-state index in [2.05, 4.69) is 28.4 Å². The Kier molecular flexibility index (Phi) is 35.9. The third kappa shape index (κ3) is 33.8. The van der Waals surface area contributed by atoms with Crippen molar-refractivity contribution in [3.8, 4) is 0 Å². The lowest BCUT2D eigenvalue weighted by Gasteiger charge is -2.33. The standard InChI is InChI=1S/2C18H22F10O6.C17H21F9O6/c1-5-14(4,34-10(3)29)6-11(13(31)33-8-16(21,22)18(26,27)28)9(2)12(30)32-7-15(19,20)17(23,24)25;1-5-15(4,34-9(3)29)6-10(12(31)32-7-16(21,22)14(19)20)8(2)11(30)33-13(17(23,24)25)18(26,27)28;1-5-14(4,32-9(3)27)6-10(12(29)30-7-15(18,19)20)8(2)11(28)31-13(16(21,22)23)17(24,25)26/h9,11H,5-8H2,1-4H3;8,10,13-14H,5-7H2,1-4H3;8,10,13H,5-7H2,1-4H3. The first-order valence-corrected chi connectivity index (χ1v) is 27.7. The van der Waals surface area contributed by atoms with Crippen LogP contribution in [0.3, 0.4) is 0 Å². The minimum atomic E-state index is -6.10. The van der Waals surface area contributed by atoms with Crippen LogP contribution in [0.1, 0.15) is 122 Å². The normalized spacial score (nSPS) is 16.7. The summed E-state index contributed by atoms with van der Waals surface area (Å²) in [6.07, 6.45) is -57.5. The van der Waals surface area contributed by atoms with Crippen LogP contribution in [0.4, 0.5) is 127 Å². The van der Waals surface area contributed by atoms with Gasteiger partial charge in [-0.1, -0.05) is 41.5 Å². The Balaban J connectivity index is -0.00000141. The molecule has 0 aliphatic rings. The fourth-order valence-corrected chi connectivity index (χ4v) is 7.51. The van der Waals surface area contributed by atoms with Gasteiger partial charge in [0.05, 0.1) is 35.5 Å². The number of ether oxygens (including phenoxy) is 9. The van der Waals surface area contributed by atoms with E-state index in [0.29, 0.717) is 13.8 Å². The predicted molar refractivity (Wildman–Crippen MR) is 270 cm³/mol. The van der Waals surface area contributed by atoms with Crippen LogP contribution < -0.4 is 0 Å². The zero-order chi connectivity index (χ0) is 80.3. The van der Waals surface area contributed by atoms with Gasteiger partial charge in [-0.25, -0.2) is 8.78 Å². The second-order valence-corrected chi connectivity index (χ2v) is 22.3. The Hall–Kier alpha value is -6.80. The fraction of sp³-hybridized carbons (Fsp3) is 0.830. The predicted octanol–water partition coefficient (Wildman–Crippen LogP) is 14.2. The minimum Gasteiger partial charge on any atom is -0.460 e. The first kappa shape index (κ1) is 97.4. The molecule has 100 heavy (non-hydrogen) atoms. The van der Waals surface area contributed by atoms with Crippen molar-refractivity contribution < 1.29 is 213 Å². The summed E-state index contributed by atoms with van der Waals surface area (Å²) in [6, 6.07) is 0. The van der Waals surface area contributed by atoms with E-state index >= 15 is 0 Å². The van der Waals surface area contributed by atoms with Crippen molar-refractivity contribution in [3.05, 3.63) is 0 Å². The topological polar surface area (TPSA) is 237 Å². The number of carbonyl (C=O) groups is 9. The summed E-state index contributed by atoms with van der Waals surface area (Å²) in [5.74, 6) is -42.7. The smallest absolute Gasteiger partial charge is 0.456 e. The molecular weight excluding hydrogens is 1480 g/mol. The molecule has 0 aliphatic carbocycles. The molecule has 0 fully saturated rings. The van der Waals surface area contributed by atoms with Crippen LogP contribution >= 0.6 is 0 Å². The SMILES string of the molecule is CCC(C)(CC(C(=O)OCC(F)(F)C(F)(F)F)C(C)C(=O)OCC(F)(F)C(F)(F)F)OC(C)=O.CCC(C)(CC(C(=O)OCC(F)(F)C(F)F)C(C)C(=O)OC(C(F)(F)F)C(F)(F)F)OC(C)=O.CCC(C)(CC(C(=O)OCC(F)(F)F)C(C)C(=O)OC(C(F)(F)F)C(F)(F)F)OC(C)=O. The molecule has 47 heteroatoms. The van der Waals surface area contributed by atoms with Crippen LogP contribution in [0.25, 0.3) is 0 Å². The molecule has 9 atom stereocenters. The number of hydrogen-bond donors (Lipinski definition) is 0. The lowest BCUT2D eigenvalue weighted by molar-refractivity contribution is -0.315. The number of carbonyl (C=O) groups excluding carboxylic acids is 9. The molecule has 0 rings (SSSR count). The van der Waals surface area contributed by atoms with Gasteiger partial charge in [0.1, 0.15) is 16.8 Å². The Morgan fingerprint density at radius 2 is 0.550 bits per heavy atom. The zero-order valence-electron chi connectivity index (χ0n) is 53.6. The van der Waals surface area contributed by atoms with Crippen LogP contribution in [0.15, 0.2) is 0 Å². The van der Waals surface area contributed by atoms with Crippen molar-refractivity contribution in [2.24, 2.45) is 35.5 Å². The van der Waals surface area contributed by atoms with E-state index in [1.807, 2.05) is 0 Å². The molecule has 9 unspecified atom stereocenters. The molecule has 0 saturated carbocycles. The van der Waals surface area contributed by atoms with Gasteiger partial charge in [0.15, 0.2) is 26.4 Å². The van der Waals surface area contributed by atoms with Gasteiger partial charge in [-0.05, 0) is 40.0 Å². The highest BCUT2D eigenvalue weighted by Gasteiger charge is 2.63. The third-order valence-corrected chi connectivity index (χ3v) is 13.6. The second kappa shape index (κ2) is 36.9. The van der Waals surface area contributed by atoms with E-state index in [4.69, 9.17) is 14.2 Å². The summed E-state index contributed by atoms with van der Waals surface area (Å²) in [7, 11) is 0. The largest absolute Gasteiger partial charge is 0.460 e. The van der Waals surface area contributed by atoms with Gasteiger partial charge in [0.2, 0.25) is 0 Å². The zero-order valence-corrected chi connectivity index (χ0v) is 53.6. The van der Waals surface area contributed by atoms with Gasteiger partial charge in [-0.2, -0.15) is 119 Å². The van der Waals surface area contributed by atoms with E-state index in [1.165, 1.54) is 34.6 Å². The molecule has 0 spiro atoms. The van der Waals surface area contributed by atoms with Gasteiger partial charge in [-0.3, -0.25) is 43.2 Å². The number of rotatable bonds is 31. The van der Waals surface area contributed by atoms with E-state index in [9.17, 15) is 170 Å². The Morgan fingerprint density at radius 3 is 0.750 bits per heavy atom. The summed E-state index contributed by atoms with van der Waals surface area (Å²) < 4.78 is 404. The Bertz CT molecular complexity index is 2660. The summed E-state index contributed by atoms with van der Waals surface area (Å²) in [5.41, 5.74) is -4.93. The lowest BCUT2D eigenvalue weighted by atomic mass is 9.82. The molecule has 588 valence electrons. The molecule has 0 N–H and O–H groups in total. The molecule has 0 aliphatic heterocycles. The van der Waals surface area contributed by atoms with Crippen LogP contribution in [0.5, 0.6) is 0 Å². The van der Waals surface area contributed by atoms with Crippen LogP contribution in [0, 0.1) is 35.5 Å². The highest BCUT2D eigenvalue weighted by Crippen LogP contribution is 2.43. The molecule has 0 saturated heterocycles. The van der Waals surface area contributed by atoms with Crippen LogP contribution in [-0.2, 0) is 85.8 Å². The van der Waals surface area contributed by atoms with Crippen molar-refractivity contribution in [1.29, 1.82) is 0 Å². The molecule has 0 amide bonds. The molecule has 0 aromatic heterocycles. The second-order valence-electron chi connectivity index (χ2n) is 22.3. The Morgan fingerprint density at radius 1 is 0.330 bits per heavy atom. The van der Waals surface area contributed by atoms with Gasteiger partial charge in [-0.15, -0.1) is 0 Å². The van der Waals surface area contributed by atoms with E-state index in [0.717, 1.165) is 34.6 Å². The molecule has 0 bridgehead atoms. The first-order chi connectivity index (χ1) is 44.2. The number of hydrogen-bond acceptors (Lipinski definition) is 18. The molecule has 0 heterocycles. The van der Waals surface area contributed by atoms with E-state index in [1.54, 1.807) is 0 Å². The van der Waals surface area contributed by atoms with Gasteiger partial charge >= 0.3 is 121 Å². The summed E-state index contributed by atoms with van der Waals surface area (Å²) in [4.78, 5) is 107. The molecule has 0 aromatic carbocycles. The number of alkyl halides is 29. The van der Waals surface area contributed by atoms with Gasteiger partial charge in [0, 0.05) is 40.0 Å². The monoisotopic (exact) mass is 1540 g/mol. The minimum absolute atomic E-state index is 0.0782. The van der Waals surface area contributed by atoms with Crippen molar-refractivity contribution >= 4 is 53.7 Å².